The number of amides is 1. The summed E-state index contributed by atoms with van der Waals surface area (Å²) >= 11 is 0. The summed E-state index contributed by atoms with van der Waals surface area (Å²) < 4.78 is 10.1. The predicted molar refractivity (Wildman–Crippen MR) is 140 cm³/mol. The van der Waals surface area contributed by atoms with Gasteiger partial charge in [0.2, 0.25) is 0 Å². The minimum absolute atomic E-state index is 0.134. The lowest BCUT2D eigenvalue weighted by molar-refractivity contribution is -0.146. The molecule has 2 aliphatic rings. The number of nitrogens with one attached hydrogen (secondary N) is 1. The van der Waals surface area contributed by atoms with Crippen molar-refractivity contribution in [1.29, 1.82) is 0 Å². The molecule has 1 heterocycles. The third kappa shape index (κ3) is 7.38. The number of hydrogen-bond donors (Lipinski definition) is 1. The number of nitrogens with zero attached hydrogens (tertiary/aromatic N) is 3. The second-order valence-corrected chi connectivity index (χ2v) is 9.59. The Kier molecular flexibility index (Phi) is 9.08. The monoisotopic (exact) mass is 492 g/mol. The summed E-state index contributed by atoms with van der Waals surface area (Å²) in [6.45, 7) is 4.61. The van der Waals surface area contributed by atoms with E-state index in [1.54, 1.807) is 7.11 Å². The van der Waals surface area contributed by atoms with Crippen molar-refractivity contribution in [3.8, 4) is 0 Å². The van der Waals surface area contributed by atoms with Gasteiger partial charge in [0.05, 0.1) is 12.8 Å². The topological polar surface area (TPSA) is 83.5 Å². The standard InChI is InChI=1S/C28H36N4O4/c1-31-11-13-32(14-12-31)29-20-21-3-6-23(7-4-21)28(34)30-26-10-9-24-17-22(5-8-25(24)19-26)18-27(33)36-16-15-35-2/h3-4,6-7,9-10,19-20,22H,5,8,11-18H2,1-2H3,(H,30,34). The molecular formula is C28H36N4O4. The fraction of sp³-hybridized carbons (Fsp3) is 0.464. The van der Waals surface area contributed by atoms with Crippen molar-refractivity contribution in [1.82, 2.24) is 9.91 Å². The number of aryl methyl sites for hydroxylation is 1. The maximum Gasteiger partial charge on any atom is 0.306 e. The summed E-state index contributed by atoms with van der Waals surface area (Å²) in [5.41, 5.74) is 4.83. The molecule has 36 heavy (non-hydrogen) atoms. The molecule has 1 N–H and O–H groups in total. The van der Waals surface area contributed by atoms with Crippen LogP contribution in [0.4, 0.5) is 5.69 Å². The molecule has 8 heteroatoms. The Hall–Kier alpha value is -3.23. The first-order valence-electron chi connectivity index (χ1n) is 12.7. The number of anilines is 1. The van der Waals surface area contributed by atoms with Gasteiger partial charge in [-0.15, -0.1) is 0 Å². The molecule has 0 aromatic heterocycles. The van der Waals surface area contributed by atoms with Crippen molar-refractivity contribution >= 4 is 23.8 Å². The molecule has 192 valence electrons. The van der Waals surface area contributed by atoms with Crippen LogP contribution >= 0.6 is 0 Å². The van der Waals surface area contributed by atoms with E-state index in [-0.39, 0.29) is 17.8 Å². The van der Waals surface area contributed by atoms with Crippen molar-refractivity contribution in [2.45, 2.75) is 25.7 Å². The van der Waals surface area contributed by atoms with Gasteiger partial charge >= 0.3 is 5.97 Å². The number of fused-ring (bicyclic) bond motifs is 1. The summed E-state index contributed by atoms with van der Waals surface area (Å²) in [4.78, 5) is 27.1. The van der Waals surface area contributed by atoms with Gasteiger partial charge in [-0.2, -0.15) is 5.10 Å². The second-order valence-electron chi connectivity index (χ2n) is 9.59. The predicted octanol–water partition coefficient (Wildman–Crippen LogP) is 3.20. The normalized spacial score (nSPS) is 18.2. The van der Waals surface area contributed by atoms with E-state index in [4.69, 9.17) is 9.47 Å². The average Bonchev–Trinajstić information content (AvgIpc) is 2.89. The van der Waals surface area contributed by atoms with Gasteiger partial charge in [0.25, 0.3) is 5.91 Å². The number of hydrogen-bond acceptors (Lipinski definition) is 7. The lowest BCUT2D eigenvalue weighted by Gasteiger charge is -2.30. The Balaban J connectivity index is 1.28. The van der Waals surface area contributed by atoms with Gasteiger partial charge in [0.15, 0.2) is 0 Å². The van der Waals surface area contributed by atoms with Gasteiger partial charge in [-0.1, -0.05) is 18.2 Å². The van der Waals surface area contributed by atoms with Crippen LogP contribution in [-0.4, -0.2) is 81.6 Å². The SMILES string of the molecule is COCCOC(=O)CC1CCc2cc(NC(=O)c3ccc(C=NN4CCN(C)CC4)cc3)ccc2C1. The smallest absolute Gasteiger partial charge is 0.306 e. The first-order chi connectivity index (χ1) is 17.5. The molecule has 0 bridgehead atoms. The van der Waals surface area contributed by atoms with Gasteiger partial charge < -0.3 is 19.7 Å². The molecule has 1 aliphatic heterocycles. The molecule has 0 saturated carbocycles. The lowest BCUT2D eigenvalue weighted by atomic mass is 9.82. The highest BCUT2D eigenvalue weighted by molar-refractivity contribution is 6.04. The van der Waals surface area contributed by atoms with Crippen molar-refractivity contribution < 1.29 is 19.1 Å². The number of rotatable bonds is 9. The van der Waals surface area contributed by atoms with Crippen molar-refractivity contribution in [3.63, 3.8) is 0 Å². The zero-order valence-electron chi connectivity index (χ0n) is 21.2. The fourth-order valence-electron chi connectivity index (χ4n) is 4.60. The van der Waals surface area contributed by atoms with Crippen LogP contribution in [0.5, 0.6) is 0 Å². The molecule has 1 aliphatic carbocycles. The van der Waals surface area contributed by atoms with Crippen LogP contribution in [0, 0.1) is 5.92 Å². The maximum atomic E-state index is 12.8. The van der Waals surface area contributed by atoms with E-state index in [1.807, 2.05) is 36.5 Å². The van der Waals surface area contributed by atoms with Crippen LogP contribution in [0.1, 0.15) is 39.9 Å². The van der Waals surface area contributed by atoms with Gasteiger partial charge in [0.1, 0.15) is 6.61 Å². The molecule has 2 aromatic carbocycles. The van der Waals surface area contributed by atoms with Crippen LogP contribution in [0.15, 0.2) is 47.6 Å². The highest BCUT2D eigenvalue weighted by Gasteiger charge is 2.22. The molecule has 4 rings (SSSR count). The number of carbonyl (C=O) groups is 2. The number of likely N-dealkylation sites (N-methyl/N-ethyl adjacent to an activating group) is 1. The molecule has 1 atom stereocenters. The van der Waals surface area contributed by atoms with E-state index in [2.05, 4.69) is 39.5 Å². The van der Waals surface area contributed by atoms with Crippen LogP contribution in [0.3, 0.4) is 0 Å². The van der Waals surface area contributed by atoms with Crippen molar-refractivity contribution in [2.75, 3.05) is 58.9 Å². The second kappa shape index (κ2) is 12.6. The zero-order chi connectivity index (χ0) is 25.3. The van der Waals surface area contributed by atoms with Gasteiger partial charge in [-0.05, 0) is 73.2 Å². The first kappa shape index (κ1) is 25.9. The number of carbonyl (C=O) groups excluding carboxylic acids is 2. The number of piperazine rings is 1. The number of benzene rings is 2. The highest BCUT2D eigenvalue weighted by Crippen LogP contribution is 2.30. The van der Waals surface area contributed by atoms with Crippen LogP contribution in [0.25, 0.3) is 0 Å². The maximum absolute atomic E-state index is 12.8. The largest absolute Gasteiger partial charge is 0.463 e. The van der Waals surface area contributed by atoms with E-state index in [9.17, 15) is 9.59 Å². The van der Waals surface area contributed by atoms with Gasteiger partial charge in [0, 0.05) is 51.0 Å². The Morgan fingerprint density at radius 1 is 1.06 bits per heavy atom. The fourth-order valence-corrected chi connectivity index (χ4v) is 4.60. The van der Waals surface area contributed by atoms with Crippen LogP contribution < -0.4 is 5.32 Å². The third-order valence-corrected chi connectivity index (χ3v) is 6.82. The minimum Gasteiger partial charge on any atom is -0.463 e. The average molecular weight is 493 g/mol. The van der Waals surface area contributed by atoms with E-state index < -0.39 is 0 Å². The number of methoxy groups -OCH3 is 1. The molecular weight excluding hydrogens is 456 g/mol. The molecule has 0 spiro atoms. The summed E-state index contributed by atoms with van der Waals surface area (Å²) in [6.07, 6.45) is 4.94. The van der Waals surface area contributed by atoms with E-state index in [0.717, 1.165) is 56.7 Å². The third-order valence-electron chi connectivity index (χ3n) is 6.82. The van der Waals surface area contributed by atoms with Gasteiger partial charge in [-0.25, -0.2) is 0 Å². The first-order valence-corrected chi connectivity index (χ1v) is 12.7. The highest BCUT2D eigenvalue weighted by atomic mass is 16.6. The lowest BCUT2D eigenvalue weighted by Crippen LogP contribution is -2.41. The summed E-state index contributed by atoms with van der Waals surface area (Å²) in [5.74, 6) is -0.0164. The molecule has 1 amide bonds. The zero-order valence-corrected chi connectivity index (χ0v) is 21.2. The number of esters is 1. The van der Waals surface area contributed by atoms with Crippen molar-refractivity contribution in [2.24, 2.45) is 11.0 Å². The van der Waals surface area contributed by atoms with E-state index in [1.165, 1.54) is 11.1 Å². The molecule has 8 nitrogen and oxygen atoms in total. The molecule has 2 aromatic rings. The van der Waals surface area contributed by atoms with Crippen LogP contribution in [0.2, 0.25) is 0 Å². The minimum atomic E-state index is -0.166. The summed E-state index contributed by atoms with van der Waals surface area (Å²) in [5, 5.41) is 9.65. The summed E-state index contributed by atoms with van der Waals surface area (Å²) in [7, 11) is 3.71. The Labute approximate surface area is 213 Å². The molecule has 1 fully saturated rings. The van der Waals surface area contributed by atoms with E-state index >= 15 is 0 Å². The Bertz CT molecular complexity index is 1060. The Morgan fingerprint density at radius 3 is 2.58 bits per heavy atom. The number of hydrazone groups is 1. The quantitative estimate of drug-likeness (QED) is 0.329. The summed E-state index contributed by atoms with van der Waals surface area (Å²) in [6, 6.07) is 13.5. The van der Waals surface area contributed by atoms with E-state index in [0.29, 0.717) is 25.2 Å². The number of ether oxygens (including phenoxy) is 2. The molecule has 1 unspecified atom stereocenters. The van der Waals surface area contributed by atoms with Crippen LogP contribution in [-0.2, 0) is 27.1 Å². The van der Waals surface area contributed by atoms with Crippen molar-refractivity contribution in [3.05, 3.63) is 64.7 Å². The molecule has 0 radical (unpaired) electrons. The van der Waals surface area contributed by atoms with Gasteiger partial charge in [-0.3, -0.25) is 14.6 Å². The Morgan fingerprint density at radius 2 is 1.83 bits per heavy atom. The molecule has 1 saturated heterocycles.